The molecule has 0 aliphatic carbocycles. The van der Waals surface area contributed by atoms with E-state index in [1.807, 2.05) is 53.1 Å². The summed E-state index contributed by atoms with van der Waals surface area (Å²) in [5.41, 5.74) is 3.24. The van der Waals surface area contributed by atoms with Gasteiger partial charge in [0, 0.05) is 22.0 Å². The van der Waals surface area contributed by atoms with Crippen LogP contribution in [0.2, 0.25) is 10.0 Å². The summed E-state index contributed by atoms with van der Waals surface area (Å²) in [5.74, 6) is 0.498. The summed E-state index contributed by atoms with van der Waals surface area (Å²) >= 11 is 12.6. The molecule has 0 saturated heterocycles. The molecule has 0 fully saturated rings. The molecule has 1 aromatic heterocycles. The number of hydrogen-bond donors (Lipinski definition) is 0. The molecule has 1 heterocycles. The Morgan fingerprint density at radius 2 is 1.58 bits per heavy atom. The van der Waals surface area contributed by atoms with E-state index in [-0.39, 0.29) is 5.82 Å². The Morgan fingerprint density at radius 1 is 0.846 bits per heavy atom. The third kappa shape index (κ3) is 3.20. The van der Waals surface area contributed by atoms with Gasteiger partial charge in [-0.2, -0.15) is 0 Å². The first-order valence-electron chi connectivity index (χ1n) is 8.24. The predicted molar refractivity (Wildman–Crippen MR) is 105 cm³/mol. The number of benzene rings is 3. The van der Waals surface area contributed by atoms with Crippen LogP contribution >= 0.6 is 23.2 Å². The quantitative estimate of drug-likeness (QED) is 0.414. The molecule has 0 amide bonds. The topological polar surface area (TPSA) is 17.8 Å². The lowest BCUT2D eigenvalue weighted by Crippen LogP contribution is -2.08. The molecule has 0 saturated carbocycles. The molecular weight excluding hydrogens is 370 g/mol. The average molecular weight is 385 g/mol. The van der Waals surface area contributed by atoms with Crippen LogP contribution in [0.25, 0.3) is 11.0 Å². The summed E-state index contributed by atoms with van der Waals surface area (Å²) in [6.45, 7) is 0.311. The van der Waals surface area contributed by atoms with Crippen LogP contribution in [-0.4, -0.2) is 9.55 Å². The van der Waals surface area contributed by atoms with E-state index < -0.39 is 0 Å². The van der Waals surface area contributed by atoms with Crippen LogP contribution in [0.15, 0.2) is 66.7 Å². The highest BCUT2D eigenvalue weighted by molar-refractivity contribution is 6.31. The van der Waals surface area contributed by atoms with Gasteiger partial charge in [0.1, 0.15) is 11.6 Å². The summed E-state index contributed by atoms with van der Waals surface area (Å²) in [5, 5.41) is 1.10. The van der Waals surface area contributed by atoms with Crippen LogP contribution in [0.4, 0.5) is 4.39 Å². The summed E-state index contributed by atoms with van der Waals surface area (Å²) < 4.78 is 16.3. The molecule has 5 heteroatoms. The maximum atomic E-state index is 14.3. The lowest BCUT2D eigenvalue weighted by molar-refractivity contribution is 0.598. The van der Waals surface area contributed by atoms with Gasteiger partial charge in [-0.05, 0) is 35.9 Å². The van der Waals surface area contributed by atoms with Crippen molar-refractivity contribution in [2.24, 2.45) is 0 Å². The maximum absolute atomic E-state index is 14.3. The molecule has 0 bridgehead atoms. The van der Waals surface area contributed by atoms with Gasteiger partial charge in [0.25, 0.3) is 0 Å². The number of aromatic nitrogens is 2. The van der Waals surface area contributed by atoms with Crippen LogP contribution in [0.3, 0.4) is 0 Å². The van der Waals surface area contributed by atoms with Gasteiger partial charge in [0.2, 0.25) is 0 Å². The minimum Gasteiger partial charge on any atom is -0.323 e. The Labute approximate surface area is 160 Å². The first-order chi connectivity index (χ1) is 12.6. The molecule has 0 unspecified atom stereocenters. The van der Waals surface area contributed by atoms with Crippen molar-refractivity contribution >= 4 is 34.2 Å². The Morgan fingerprint density at radius 3 is 2.38 bits per heavy atom. The summed E-state index contributed by atoms with van der Waals surface area (Å²) in [6.07, 6.45) is 0.556. The van der Waals surface area contributed by atoms with Gasteiger partial charge in [-0.25, -0.2) is 9.37 Å². The number of halogens is 3. The Bertz CT molecular complexity index is 1070. The van der Waals surface area contributed by atoms with Gasteiger partial charge in [-0.3, -0.25) is 0 Å². The van der Waals surface area contributed by atoms with Crippen molar-refractivity contribution in [3.63, 3.8) is 0 Å². The van der Waals surface area contributed by atoms with Crippen molar-refractivity contribution in [3.8, 4) is 0 Å². The first-order valence-corrected chi connectivity index (χ1v) is 8.99. The molecule has 26 heavy (non-hydrogen) atoms. The maximum Gasteiger partial charge on any atom is 0.129 e. The second-order valence-corrected chi connectivity index (χ2v) is 6.89. The molecule has 4 rings (SSSR count). The van der Waals surface area contributed by atoms with Crippen molar-refractivity contribution in [1.82, 2.24) is 9.55 Å². The molecule has 0 aliphatic rings. The fourth-order valence-corrected chi connectivity index (χ4v) is 3.52. The van der Waals surface area contributed by atoms with E-state index in [0.29, 0.717) is 28.6 Å². The zero-order valence-corrected chi connectivity index (χ0v) is 15.3. The van der Waals surface area contributed by atoms with Crippen LogP contribution in [0.5, 0.6) is 0 Å². The van der Waals surface area contributed by atoms with Crippen LogP contribution in [0, 0.1) is 5.82 Å². The highest BCUT2D eigenvalue weighted by Crippen LogP contribution is 2.26. The van der Waals surface area contributed by atoms with Crippen molar-refractivity contribution < 1.29 is 4.39 Å². The van der Waals surface area contributed by atoms with Crippen molar-refractivity contribution in [1.29, 1.82) is 0 Å². The molecule has 2 nitrogen and oxygen atoms in total. The minimum absolute atomic E-state index is 0.311. The zero-order valence-electron chi connectivity index (χ0n) is 13.8. The van der Waals surface area contributed by atoms with Gasteiger partial charge >= 0.3 is 0 Å². The van der Waals surface area contributed by atoms with Crippen molar-refractivity contribution in [2.45, 2.75) is 13.0 Å². The van der Waals surface area contributed by atoms with Gasteiger partial charge in [-0.1, -0.05) is 59.6 Å². The van der Waals surface area contributed by atoms with E-state index in [2.05, 4.69) is 0 Å². The Kier molecular flexibility index (Phi) is 4.66. The highest BCUT2D eigenvalue weighted by Gasteiger charge is 2.15. The monoisotopic (exact) mass is 384 g/mol. The first kappa shape index (κ1) is 17.1. The van der Waals surface area contributed by atoms with E-state index in [1.165, 1.54) is 6.07 Å². The molecular formula is C21H15Cl2FN2. The lowest BCUT2D eigenvalue weighted by Gasteiger charge is -2.12. The molecule has 0 aliphatic heterocycles. The molecule has 3 aromatic carbocycles. The largest absolute Gasteiger partial charge is 0.323 e. The van der Waals surface area contributed by atoms with Crippen LogP contribution < -0.4 is 0 Å². The van der Waals surface area contributed by atoms with Gasteiger partial charge in [-0.15, -0.1) is 0 Å². The van der Waals surface area contributed by atoms with E-state index in [9.17, 15) is 4.39 Å². The van der Waals surface area contributed by atoms with Gasteiger partial charge in [0.05, 0.1) is 17.6 Å². The fourth-order valence-electron chi connectivity index (χ4n) is 3.09. The van der Waals surface area contributed by atoms with Crippen LogP contribution in [-0.2, 0) is 13.0 Å². The fraction of sp³-hybridized carbons (Fsp3) is 0.0952. The van der Waals surface area contributed by atoms with E-state index in [1.54, 1.807) is 12.1 Å². The van der Waals surface area contributed by atoms with E-state index in [0.717, 1.165) is 22.4 Å². The van der Waals surface area contributed by atoms with Gasteiger partial charge in [0.15, 0.2) is 0 Å². The average Bonchev–Trinajstić information content (AvgIpc) is 2.97. The van der Waals surface area contributed by atoms with Crippen molar-refractivity contribution in [2.75, 3.05) is 0 Å². The van der Waals surface area contributed by atoms with Gasteiger partial charge < -0.3 is 4.57 Å². The smallest absolute Gasteiger partial charge is 0.129 e. The standard InChI is InChI=1S/C21H15Cl2FN2/c22-16-7-2-1-6-14(16)12-21-25-19-10-3-4-11-20(19)26(21)13-15-17(23)8-5-9-18(15)24/h1-11H,12-13H2. The summed E-state index contributed by atoms with van der Waals surface area (Å²) in [6, 6.07) is 20.2. The number of imidazole rings is 1. The van der Waals surface area contributed by atoms with E-state index >= 15 is 0 Å². The third-order valence-corrected chi connectivity index (χ3v) is 5.14. The highest BCUT2D eigenvalue weighted by atomic mass is 35.5. The Balaban J connectivity index is 1.83. The summed E-state index contributed by atoms with van der Waals surface area (Å²) in [7, 11) is 0. The van der Waals surface area contributed by atoms with Crippen molar-refractivity contribution in [3.05, 3.63) is 99.5 Å². The van der Waals surface area contributed by atoms with E-state index in [4.69, 9.17) is 28.2 Å². The SMILES string of the molecule is Fc1cccc(Cl)c1Cn1c(Cc2ccccc2Cl)nc2ccccc21. The third-order valence-electron chi connectivity index (χ3n) is 4.42. The minimum atomic E-state index is -0.320. The number of nitrogens with zero attached hydrogens (tertiary/aromatic N) is 2. The van der Waals surface area contributed by atoms with Crippen LogP contribution in [0.1, 0.15) is 17.0 Å². The number of fused-ring (bicyclic) bond motifs is 1. The second kappa shape index (κ2) is 7.10. The molecule has 0 atom stereocenters. The second-order valence-electron chi connectivity index (χ2n) is 6.07. The molecule has 4 aromatic rings. The summed E-state index contributed by atoms with van der Waals surface area (Å²) in [4.78, 5) is 4.74. The predicted octanol–water partition coefficient (Wildman–Crippen LogP) is 6.12. The lowest BCUT2D eigenvalue weighted by atomic mass is 10.1. The Hall–Kier alpha value is -2.36. The zero-order chi connectivity index (χ0) is 18.1. The molecule has 0 radical (unpaired) electrons. The molecule has 0 N–H and O–H groups in total. The number of hydrogen-bond acceptors (Lipinski definition) is 1. The number of rotatable bonds is 4. The normalized spacial score (nSPS) is 11.2. The molecule has 130 valence electrons. The molecule has 0 spiro atoms. The number of para-hydroxylation sites is 2.